The Morgan fingerprint density at radius 3 is 2.12 bits per heavy atom. The maximum Gasteiger partial charge on any atom is 1.00 e. The number of rotatable bonds is 4. The van der Waals surface area contributed by atoms with Gasteiger partial charge in [0.1, 0.15) is 11.3 Å². The van der Waals surface area contributed by atoms with Crippen molar-refractivity contribution in [2.24, 2.45) is 0 Å². The summed E-state index contributed by atoms with van der Waals surface area (Å²) in [5, 5.41) is 18.6. The normalized spacial score (nSPS) is 10.8. The summed E-state index contributed by atoms with van der Waals surface area (Å²) in [6.45, 7) is 2.19. The smallest absolute Gasteiger partial charge is 1.00 e. The molecule has 0 radical (unpaired) electrons. The molecule has 0 fully saturated rings. The number of benzene rings is 2. The van der Waals surface area contributed by atoms with Crippen LogP contribution in [0.25, 0.3) is 0 Å². The van der Waals surface area contributed by atoms with Gasteiger partial charge in [-0.2, -0.15) is 13.2 Å². The first-order valence-electron chi connectivity index (χ1n) is 6.75. The van der Waals surface area contributed by atoms with Crippen LogP contribution in [0.5, 0.6) is 5.75 Å². The van der Waals surface area contributed by atoms with Crippen LogP contribution < -0.4 is 56.3 Å². The molecule has 0 heterocycles. The molecular weight excluding hydrogens is 350 g/mol. The van der Waals surface area contributed by atoms with E-state index in [2.05, 4.69) is 0 Å². The molecule has 0 amide bonds. The molecule has 2 N–H and O–H groups in total. The van der Waals surface area contributed by atoms with Gasteiger partial charge in [-0.05, 0) is 49.4 Å². The van der Waals surface area contributed by atoms with Gasteiger partial charge in [-0.15, -0.1) is 0 Å². The summed E-state index contributed by atoms with van der Waals surface area (Å²) in [5.41, 5.74) is -0.0768. The van der Waals surface area contributed by atoms with E-state index >= 15 is 0 Å². The van der Waals surface area contributed by atoms with E-state index in [1.165, 1.54) is 30.3 Å². The molecule has 124 valence electrons. The van der Waals surface area contributed by atoms with Crippen molar-refractivity contribution < 1.29 is 81.0 Å². The first-order valence-corrected chi connectivity index (χ1v) is 6.75. The minimum atomic E-state index is -4.41. The minimum Gasteiger partial charge on any atom is -1.00 e. The maximum atomic E-state index is 12.6. The summed E-state index contributed by atoms with van der Waals surface area (Å²) in [6.07, 6.45) is -4.41. The molecule has 2 aromatic carbocycles. The van der Waals surface area contributed by atoms with Crippen molar-refractivity contribution in [2.45, 2.75) is 13.1 Å². The second kappa shape index (κ2) is 8.35. The second-order valence-electron chi connectivity index (χ2n) is 4.80. The van der Waals surface area contributed by atoms with Crippen LogP contribution in [-0.2, 0) is 6.18 Å². The first kappa shape index (κ1) is 21.0. The number of phenols is 1. The fourth-order valence-corrected chi connectivity index (χ4v) is 2.21. The Morgan fingerprint density at radius 1 is 1.12 bits per heavy atom. The third-order valence-electron chi connectivity index (χ3n) is 3.34. The van der Waals surface area contributed by atoms with Crippen molar-refractivity contribution in [3.63, 3.8) is 0 Å². The van der Waals surface area contributed by atoms with E-state index in [1.807, 2.05) is 0 Å². The molecule has 2 aromatic rings. The number of halogens is 3. The molecule has 0 aliphatic rings. The molecule has 0 saturated heterocycles. The molecule has 0 bridgehead atoms. The molecule has 0 unspecified atom stereocenters. The molecule has 0 atom stereocenters. The molecule has 0 aliphatic carbocycles. The first-order chi connectivity index (χ1) is 10.7. The Balaban J connectivity index is 0.00000288. The molecule has 8 heteroatoms. The predicted molar refractivity (Wildman–Crippen MR) is 80.3 cm³/mol. The van der Waals surface area contributed by atoms with Crippen LogP contribution in [0.1, 0.15) is 24.3 Å². The van der Waals surface area contributed by atoms with E-state index in [0.717, 1.165) is 12.1 Å². The van der Waals surface area contributed by atoms with Gasteiger partial charge < -0.3 is 16.5 Å². The van der Waals surface area contributed by atoms with Gasteiger partial charge in [-0.1, -0.05) is 0 Å². The van der Waals surface area contributed by atoms with Crippen molar-refractivity contribution in [2.75, 3.05) is 11.4 Å². The Bertz CT molecular complexity index is 724. The monoisotopic (exact) mass is 365 g/mol. The summed E-state index contributed by atoms with van der Waals surface area (Å²) >= 11 is 0. The summed E-state index contributed by atoms with van der Waals surface area (Å²) in [7, 11) is 0. The molecule has 0 aliphatic heterocycles. The molecular formula is C16H15F3KNO3. The Hall–Kier alpha value is -1.06. The SMILES string of the molecule is CCN(c1ccc(C(F)(F)F)cc1)c1ccc(O)c(C(=O)O)c1.[H-].[K+]. The summed E-state index contributed by atoms with van der Waals surface area (Å²) < 4.78 is 37.8. The molecule has 4 nitrogen and oxygen atoms in total. The number of carboxylic acid groups (broad SMARTS) is 1. The van der Waals surface area contributed by atoms with Crippen LogP contribution in [-0.4, -0.2) is 22.7 Å². The number of aromatic carboxylic acids is 1. The van der Waals surface area contributed by atoms with Gasteiger partial charge in [0.05, 0.1) is 5.56 Å². The van der Waals surface area contributed by atoms with E-state index in [1.54, 1.807) is 11.8 Å². The number of carboxylic acids is 1. The number of anilines is 2. The van der Waals surface area contributed by atoms with Crippen molar-refractivity contribution in [1.29, 1.82) is 0 Å². The number of hydrogen-bond donors (Lipinski definition) is 2. The number of carbonyl (C=O) groups is 1. The van der Waals surface area contributed by atoms with E-state index in [4.69, 9.17) is 5.11 Å². The maximum absolute atomic E-state index is 12.6. The Labute approximate surface area is 180 Å². The Morgan fingerprint density at radius 2 is 1.67 bits per heavy atom. The van der Waals surface area contributed by atoms with Crippen LogP contribution in [0.3, 0.4) is 0 Å². The van der Waals surface area contributed by atoms with E-state index in [9.17, 15) is 23.1 Å². The average Bonchev–Trinajstić information content (AvgIpc) is 2.49. The van der Waals surface area contributed by atoms with Crippen molar-refractivity contribution in [3.8, 4) is 5.75 Å². The van der Waals surface area contributed by atoms with Crippen LogP contribution in [0.2, 0.25) is 0 Å². The summed E-state index contributed by atoms with van der Waals surface area (Å²) in [5.74, 6) is -1.66. The number of alkyl halides is 3. The number of hydrogen-bond acceptors (Lipinski definition) is 3. The van der Waals surface area contributed by atoms with E-state index in [0.29, 0.717) is 17.9 Å². The van der Waals surface area contributed by atoms with Crippen LogP contribution in [0, 0.1) is 0 Å². The van der Waals surface area contributed by atoms with Gasteiger partial charge in [0.2, 0.25) is 0 Å². The van der Waals surface area contributed by atoms with Crippen molar-refractivity contribution in [1.82, 2.24) is 0 Å². The van der Waals surface area contributed by atoms with Gasteiger partial charge in [0.15, 0.2) is 0 Å². The average molecular weight is 365 g/mol. The topological polar surface area (TPSA) is 60.8 Å². The molecule has 24 heavy (non-hydrogen) atoms. The van der Waals surface area contributed by atoms with E-state index < -0.39 is 17.7 Å². The zero-order valence-corrected chi connectivity index (χ0v) is 16.3. The quantitative estimate of drug-likeness (QED) is 0.804. The Kier molecular flexibility index (Phi) is 7.30. The van der Waals surface area contributed by atoms with Gasteiger partial charge in [0.25, 0.3) is 0 Å². The standard InChI is InChI=1S/C16H14F3NO3.K.H/c1-2-20(11-5-3-10(4-6-11)16(17,18)19)12-7-8-14(21)13(9-12)15(22)23;;/h3-9,21H,2H2,1H3,(H,22,23);;/q;+1;-1. The second-order valence-corrected chi connectivity index (χ2v) is 4.80. The number of aromatic hydroxyl groups is 1. The molecule has 2 rings (SSSR count). The van der Waals surface area contributed by atoms with Gasteiger partial charge in [0, 0.05) is 17.9 Å². The zero-order chi connectivity index (χ0) is 17.2. The third-order valence-corrected chi connectivity index (χ3v) is 3.34. The fourth-order valence-electron chi connectivity index (χ4n) is 2.21. The molecule has 0 spiro atoms. The van der Waals surface area contributed by atoms with Gasteiger partial charge in [-0.3, -0.25) is 0 Å². The van der Waals surface area contributed by atoms with E-state index in [-0.39, 0.29) is 64.1 Å². The van der Waals surface area contributed by atoms with Crippen LogP contribution in [0.4, 0.5) is 24.5 Å². The molecule has 0 aromatic heterocycles. The number of nitrogens with zero attached hydrogens (tertiary/aromatic N) is 1. The third kappa shape index (κ3) is 4.73. The van der Waals surface area contributed by atoms with Crippen LogP contribution >= 0.6 is 0 Å². The predicted octanol–water partition coefficient (Wildman–Crippen LogP) is 1.38. The summed E-state index contributed by atoms with van der Waals surface area (Å²) in [4.78, 5) is 12.7. The van der Waals surface area contributed by atoms with Gasteiger partial charge >= 0.3 is 63.5 Å². The fraction of sp³-hybridized carbons (Fsp3) is 0.188. The zero-order valence-electron chi connectivity index (χ0n) is 14.1. The van der Waals surface area contributed by atoms with Crippen molar-refractivity contribution >= 4 is 17.3 Å². The van der Waals surface area contributed by atoms with Crippen molar-refractivity contribution in [3.05, 3.63) is 53.6 Å². The van der Waals surface area contributed by atoms with Gasteiger partial charge in [-0.25, -0.2) is 4.79 Å². The van der Waals surface area contributed by atoms with Crippen LogP contribution in [0.15, 0.2) is 42.5 Å². The molecule has 0 saturated carbocycles. The minimum absolute atomic E-state index is 0. The largest absolute Gasteiger partial charge is 1.00 e. The summed E-state index contributed by atoms with van der Waals surface area (Å²) in [6, 6.07) is 8.60.